The first-order valence-corrected chi connectivity index (χ1v) is 12.0. The van der Waals surface area contributed by atoms with Gasteiger partial charge < -0.3 is 4.74 Å². The predicted octanol–water partition coefficient (Wildman–Crippen LogP) is 7.09. The smallest absolute Gasteiger partial charge is 0.123 e. The van der Waals surface area contributed by atoms with Crippen molar-refractivity contribution in [3.8, 4) is 34.1 Å². The number of nitrogens with zero attached hydrogens (tertiary/aromatic N) is 2. The van der Waals surface area contributed by atoms with Gasteiger partial charge in [0.2, 0.25) is 0 Å². The van der Waals surface area contributed by atoms with Crippen LogP contribution in [0, 0.1) is 28.9 Å². The van der Waals surface area contributed by atoms with Crippen molar-refractivity contribution < 1.29 is 13.5 Å². The minimum absolute atomic E-state index is 0.0253. The monoisotopic (exact) mass is 480 g/mol. The number of halogens is 2. The third kappa shape index (κ3) is 5.62. The van der Waals surface area contributed by atoms with E-state index >= 15 is 0 Å². The molecule has 0 bridgehead atoms. The van der Waals surface area contributed by atoms with Gasteiger partial charge in [0.15, 0.2) is 0 Å². The van der Waals surface area contributed by atoms with Gasteiger partial charge in [-0.15, -0.1) is 0 Å². The van der Waals surface area contributed by atoms with E-state index in [1.165, 1.54) is 29.8 Å². The SMILES string of the molecule is N#C[C@H]1C[C@@H](COc2cc(-c3ccc(F)cc3)cc(-c3ccc(F)cc3)c2)N(Cc2ccccc2)C1. The molecule has 0 N–H and O–H groups in total. The van der Waals surface area contributed by atoms with Crippen molar-refractivity contribution in [1.29, 1.82) is 5.26 Å². The highest BCUT2D eigenvalue weighted by Crippen LogP contribution is 2.33. The van der Waals surface area contributed by atoms with Gasteiger partial charge >= 0.3 is 0 Å². The molecule has 4 aromatic carbocycles. The molecule has 1 heterocycles. The van der Waals surface area contributed by atoms with Crippen LogP contribution in [0.25, 0.3) is 22.3 Å². The molecule has 1 aliphatic heterocycles. The van der Waals surface area contributed by atoms with Gasteiger partial charge in [-0.25, -0.2) is 8.78 Å². The van der Waals surface area contributed by atoms with Crippen molar-refractivity contribution in [1.82, 2.24) is 4.90 Å². The third-order valence-electron chi connectivity index (χ3n) is 6.64. The van der Waals surface area contributed by atoms with Gasteiger partial charge in [0, 0.05) is 19.1 Å². The first-order chi connectivity index (χ1) is 17.6. The second kappa shape index (κ2) is 10.7. The fourth-order valence-corrected chi connectivity index (χ4v) is 4.76. The summed E-state index contributed by atoms with van der Waals surface area (Å²) in [5.74, 6) is 0.0623. The summed E-state index contributed by atoms with van der Waals surface area (Å²) in [7, 11) is 0. The van der Waals surface area contributed by atoms with Crippen molar-refractivity contribution in [2.75, 3.05) is 13.2 Å². The molecule has 1 fully saturated rings. The van der Waals surface area contributed by atoms with Crippen LogP contribution < -0.4 is 4.74 Å². The van der Waals surface area contributed by atoms with E-state index < -0.39 is 0 Å². The van der Waals surface area contributed by atoms with E-state index in [-0.39, 0.29) is 23.6 Å². The van der Waals surface area contributed by atoms with E-state index in [1.807, 2.05) is 36.4 Å². The minimum atomic E-state index is -0.295. The van der Waals surface area contributed by atoms with E-state index in [1.54, 1.807) is 24.3 Å². The molecule has 0 amide bonds. The van der Waals surface area contributed by atoms with Crippen LogP contribution >= 0.6 is 0 Å². The van der Waals surface area contributed by atoms with Gasteiger partial charge in [-0.2, -0.15) is 5.26 Å². The molecule has 0 aromatic heterocycles. The summed E-state index contributed by atoms with van der Waals surface area (Å²) in [6.45, 7) is 1.93. The standard InChI is InChI=1S/C31H26F2N2O/c32-28-10-6-24(7-11-28)26-15-27(25-8-12-29(33)13-9-25)17-31(16-26)36-21-30-14-23(18-34)20-35(30)19-22-4-2-1-3-5-22/h1-13,15-17,23,30H,14,19-21H2/t23-,30+/m1/s1. The van der Waals surface area contributed by atoms with Crippen LogP contribution in [0.2, 0.25) is 0 Å². The Hall–Kier alpha value is -4.01. The topological polar surface area (TPSA) is 36.3 Å². The van der Waals surface area contributed by atoms with Gasteiger partial charge in [0.25, 0.3) is 0 Å². The molecule has 0 unspecified atom stereocenters. The van der Waals surface area contributed by atoms with Crippen molar-refractivity contribution in [2.45, 2.75) is 19.0 Å². The first-order valence-electron chi connectivity index (χ1n) is 12.0. The lowest BCUT2D eigenvalue weighted by molar-refractivity contribution is 0.167. The zero-order valence-corrected chi connectivity index (χ0v) is 19.8. The predicted molar refractivity (Wildman–Crippen MR) is 137 cm³/mol. The van der Waals surface area contributed by atoms with Crippen LogP contribution in [0.4, 0.5) is 8.78 Å². The number of ether oxygens (including phenoxy) is 1. The summed E-state index contributed by atoms with van der Waals surface area (Å²) < 4.78 is 33.4. The number of nitriles is 1. The van der Waals surface area contributed by atoms with Gasteiger partial charge in [0.1, 0.15) is 24.0 Å². The maximum atomic E-state index is 13.5. The fraction of sp³-hybridized carbons (Fsp3) is 0.194. The quantitative estimate of drug-likeness (QED) is 0.283. The Morgan fingerprint density at radius 2 is 1.36 bits per heavy atom. The second-order valence-electron chi connectivity index (χ2n) is 9.20. The lowest BCUT2D eigenvalue weighted by Gasteiger charge is -2.24. The number of benzene rings is 4. The summed E-state index contributed by atoms with van der Waals surface area (Å²) in [6.07, 6.45) is 0.756. The van der Waals surface area contributed by atoms with E-state index in [0.717, 1.165) is 41.8 Å². The molecule has 0 aliphatic carbocycles. The maximum absolute atomic E-state index is 13.5. The Morgan fingerprint density at radius 3 is 1.92 bits per heavy atom. The Balaban J connectivity index is 1.41. The average molecular weight is 481 g/mol. The molecule has 3 nitrogen and oxygen atoms in total. The van der Waals surface area contributed by atoms with Crippen LogP contribution in [-0.2, 0) is 6.54 Å². The lowest BCUT2D eigenvalue weighted by Crippen LogP contribution is -2.33. The molecule has 1 aliphatic rings. The van der Waals surface area contributed by atoms with Gasteiger partial charge in [-0.1, -0.05) is 54.6 Å². The van der Waals surface area contributed by atoms with Crippen LogP contribution in [0.1, 0.15) is 12.0 Å². The molecule has 1 saturated heterocycles. The molecule has 36 heavy (non-hydrogen) atoms. The molecule has 4 aromatic rings. The highest BCUT2D eigenvalue weighted by Gasteiger charge is 2.32. The van der Waals surface area contributed by atoms with E-state index in [0.29, 0.717) is 12.4 Å². The molecular weight excluding hydrogens is 454 g/mol. The minimum Gasteiger partial charge on any atom is -0.492 e. The van der Waals surface area contributed by atoms with Crippen LogP contribution in [-0.4, -0.2) is 24.1 Å². The van der Waals surface area contributed by atoms with Crippen molar-refractivity contribution >= 4 is 0 Å². The highest BCUT2D eigenvalue weighted by molar-refractivity contribution is 5.75. The summed E-state index contributed by atoms with van der Waals surface area (Å²) in [4.78, 5) is 2.31. The summed E-state index contributed by atoms with van der Waals surface area (Å²) in [6, 6.07) is 31.3. The van der Waals surface area contributed by atoms with Gasteiger partial charge in [-0.05, 0) is 76.7 Å². The Bertz CT molecular complexity index is 1280. The van der Waals surface area contributed by atoms with Crippen molar-refractivity contribution in [3.63, 3.8) is 0 Å². The molecule has 2 atom stereocenters. The normalized spacial score (nSPS) is 17.6. The molecule has 0 radical (unpaired) electrons. The van der Waals surface area contributed by atoms with Gasteiger partial charge in [0.05, 0.1) is 12.0 Å². The Morgan fingerprint density at radius 1 is 0.778 bits per heavy atom. The lowest BCUT2D eigenvalue weighted by atomic mass is 9.98. The number of hydrogen-bond donors (Lipinski definition) is 0. The zero-order valence-electron chi connectivity index (χ0n) is 19.8. The van der Waals surface area contributed by atoms with Crippen LogP contribution in [0.15, 0.2) is 97.1 Å². The highest BCUT2D eigenvalue weighted by atomic mass is 19.1. The summed E-state index contributed by atoms with van der Waals surface area (Å²) in [5.41, 5.74) is 4.70. The number of likely N-dealkylation sites (tertiary alicyclic amines) is 1. The van der Waals surface area contributed by atoms with Gasteiger partial charge in [-0.3, -0.25) is 4.90 Å². The summed E-state index contributed by atoms with van der Waals surface area (Å²) >= 11 is 0. The van der Waals surface area contributed by atoms with Crippen LogP contribution in [0.5, 0.6) is 5.75 Å². The van der Waals surface area contributed by atoms with E-state index in [9.17, 15) is 14.0 Å². The molecule has 180 valence electrons. The number of hydrogen-bond acceptors (Lipinski definition) is 3. The third-order valence-corrected chi connectivity index (χ3v) is 6.64. The second-order valence-corrected chi connectivity index (χ2v) is 9.20. The molecule has 5 heteroatoms. The zero-order chi connectivity index (χ0) is 24.9. The van der Waals surface area contributed by atoms with Crippen molar-refractivity contribution in [2.24, 2.45) is 5.92 Å². The first kappa shape index (κ1) is 23.7. The fourth-order valence-electron chi connectivity index (χ4n) is 4.76. The maximum Gasteiger partial charge on any atom is 0.123 e. The van der Waals surface area contributed by atoms with Crippen molar-refractivity contribution in [3.05, 3.63) is 114 Å². The Kier molecular flexibility index (Phi) is 7.06. The van der Waals surface area contributed by atoms with E-state index in [2.05, 4.69) is 23.1 Å². The summed E-state index contributed by atoms with van der Waals surface area (Å²) in [5, 5.41) is 9.55. The van der Waals surface area contributed by atoms with E-state index in [4.69, 9.17) is 4.74 Å². The molecule has 0 spiro atoms. The molecule has 5 rings (SSSR count). The van der Waals surface area contributed by atoms with Crippen LogP contribution in [0.3, 0.4) is 0 Å². The largest absolute Gasteiger partial charge is 0.492 e. The molecular formula is C31H26F2N2O. The average Bonchev–Trinajstić information content (AvgIpc) is 3.30. The number of rotatable bonds is 7. The Labute approximate surface area is 210 Å². The molecule has 0 saturated carbocycles.